The van der Waals surface area contributed by atoms with Gasteiger partial charge >= 0.3 is 0 Å². The molecule has 0 N–H and O–H groups in total. The monoisotopic (exact) mass is 672 g/mol. The Labute approximate surface area is 297 Å². The van der Waals surface area contributed by atoms with Gasteiger partial charge < -0.3 is 0 Å². The molecule has 10 rings (SSSR count). The number of thiophene rings is 2. The first-order chi connectivity index (χ1) is 24.8. The molecule has 7 aromatic carbocycles. The third kappa shape index (κ3) is 4.92. The Morgan fingerprint density at radius 2 is 0.880 bits per heavy atom. The molecule has 50 heavy (non-hydrogen) atoms. The summed E-state index contributed by atoms with van der Waals surface area (Å²) < 4.78 is 4.86. The average Bonchev–Trinajstić information content (AvgIpc) is 3.77. The smallest absolute Gasteiger partial charge is 0.161 e. The maximum absolute atomic E-state index is 5.41. The quantitative estimate of drug-likeness (QED) is 0.182. The van der Waals surface area contributed by atoms with Crippen molar-refractivity contribution in [2.24, 2.45) is 0 Å². The summed E-state index contributed by atoms with van der Waals surface area (Å²) in [7, 11) is 0. The molecular formula is C46H28N2S2. The van der Waals surface area contributed by atoms with Crippen LogP contribution in [0.1, 0.15) is 0 Å². The summed E-state index contributed by atoms with van der Waals surface area (Å²) in [6, 6.07) is 60.8. The Morgan fingerprint density at radius 3 is 1.64 bits per heavy atom. The Morgan fingerprint density at radius 1 is 0.360 bits per heavy atom. The van der Waals surface area contributed by atoms with Crippen LogP contribution in [-0.4, -0.2) is 9.97 Å². The van der Waals surface area contributed by atoms with Crippen LogP contribution in [0.4, 0.5) is 0 Å². The maximum Gasteiger partial charge on any atom is 0.161 e. The zero-order valence-electron chi connectivity index (χ0n) is 26.9. The van der Waals surface area contributed by atoms with Gasteiger partial charge in [0, 0.05) is 41.4 Å². The molecule has 0 aliphatic rings. The fraction of sp³-hybridized carbons (Fsp3) is 0. The summed E-state index contributed by atoms with van der Waals surface area (Å²) in [4.78, 5) is 10.7. The third-order valence-corrected chi connectivity index (χ3v) is 11.8. The van der Waals surface area contributed by atoms with Gasteiger partial charge in [0.1, 0.15) is 0 Å². The molecule has 0 unspecified atom stereocenters. The van der Waals surface area contributed by atoms with E-state index in [4.69, 9.17) is 9.97 Å². The molecule has 0 bridgehead atoms. The lowest BCUT2D eigenvalue weighted by Gasteiger charge is -2.11. The summed E-state index contributed by atoms with van der Waals surface area (Å²) in [5.74, 6) is 0.761. The molecule has 0 saturated heterocycles. The molecule has 234 valence electrons. The van der Waals surface area contributed by atoms with Crippen LogP contribution in [0.5, 0.6) is 0 Å². The lowest BCUT2D eigenvalue weighted by atomic mass is 9.96. The van der Waals surface area contributed by atoms with Gasteiger partial charge in [-0.05, 0) is 63.7 Å². The van der Waals surface area contributed by atoms with E-state index >= 15 is 0 Å². The van der Waals surface area contributed by atoms with Gasteiger partial charge in [0.2, 0.25) is 0 Å². The molecule has 0 fully saturated rings. The minimum atomic E-state index is 0.761. The summed E-state index contributed by atoms with van der Waals surface area (Å²) >= 11 is 3.60. The Kier molecular flexibility index (Phi) is 6.90. The van der Waals surface area contributed by atoms with Gasteiger partial charge in [0.05, 0.1) is 15.9 Å². The van der Waals surface area contributed by atoms with Crippen molar-refractivity contribution in [3.8, 4) is 56.0 Å². The SMILES string of the molecule is c1ccc(-c2ccc(-c3cccc(-c4cccc(-c5nc(-c6cccc7sc8ccccc8c67)nc6c5sc5ccccc56)c4)c3)cc2)cc1. The Bertz CT molecular complexity index is 2860. The predicted molar refractivity (Wildman–Crippen MR) is 215 cm³/mol. The Hall–Kier alpha value is -5.94. The molecule has 0 saturated carbocycles. The number of hydrogen-bond acceptors (Lipinski definition) is 4. The lowest BCUT2D eigenvalue weighted by Crippen LogP contribution is -1.94. The van der Waals surface area contributed by atoms with Crippen molar-refractivity contribution in [2.75, 3.05) is 0 Å². The van der Waals surface area contributed by atoms with Crippen LogP contribution in [0.25, 0.3) is 96.5 Å². The molecule has 0 radical (unpaired) electrons. The lowest BCUT2D eigenvalue weighted by molar-refractivity contribution is 1.25. The predicted octanol–water partition coefficient (Wildman–Crippen LogP) is 13.5. The number of fused-ring (bicyclic) bond motifs is 6. The highest BCUT2D eigenvalue weighted by atomic mass is 32.1. The normalized spacial score (nSPS) is 11.6. The van der Waals surface area contributed by atoms with E-state index in [2.05, 4.69) is 170 Å². The van der Waals surface area contributed by atoms with Crippen molar-refractivity contribution in [2.45, 2.75) is 0 Å². The third-order valence-electron chi connectivity index (χ3n) is 9.52. The second kappa shape index (κ2) is 11.9. The van der Waals surface area contributed by atoms with Crippen molar-refractivity contribution in [1.29, 1.82) is 0 Å². The fourth-order valence-electron chi connectivity index (χ4n) is 7.08. The molecule has 0 aliphatic carbocycles. The highest BCUT2D eigenvalue weighted by Crippen LogP contribution is 2.43. The van der Waals surface area contributed by atoms with Crippen molar-refractivity contribution >= 4 is 63.1 Å². The molecule has 0 atom stereocenters. The highest BCUT2D eigenvalue weighted by molar-refractivity contribution is 7.26. The largest absolute Gasteiger partial charge is 0.226 e. The van der Waals surface area contributed by atoms with E-state index in [0.717, 1.165) is 38.4 Å². The van der Waals surface area contributed by atoms with Crippen LogP contribution in [0.2, 0.25) is 0 Å². The minimum Gasteiger partial charge on any atom is -0.226 e. The van der Waals surface area contributed by atoms with Crippen molar-refractivity contribution in [3.05, 3.63) is 170 Å². The maximum atomic E-state index is 5.41. The number of rotatable bonds is 5. The van der Waals surface area contributed by atoms with Gasteiger partial charge in [-0.1, -0.05) is 140 Å². The molecule has 3 heterocycles. The molecule has 0 spiro atoms. The van der Waals surface area contributed by atoms with Gasteiger partial charge in [-0.15, -0.1) is 22.7 Å². The van der Waals surface area contributed by atoms with Crippen LogP contribution in [-0.2, 0) is 0 Å². The van der Waals surface area contributed by atoms with Crippen molar-refractivity contribution < 1.29 is 0 Å². The van der Waals surface area contributed by atoms with E-state index < -0.39 is 0 Å². The summed E-state index contributed by atoms with van der Waals surface area (Å²) in [6.07, 6.45) is 0. The summed E-state index contributed by atoms with van der Waals surface area (Å²) in [6.45, 7) is 0. The van der Waals surface area contributed by atoms with Crippen LogP contribution < -0.4 is 0 Å². The van der Waals surface area contributed by atoms with Crippen molar-refractivity contribution in [1.82, 2.24) is 9.97 Å². The van der Waals surface area contributed by atoms with Gasteiger partial charge in [-0.25, -0.2) is 9.97 Å². The average molecular weight is 673 g/mol. The first-order valence-corrected chi connectivity index (χ1v) is 18.4. The first kappa shape index (κ1) is 29.0. The molecule has 0 amide bonds. The van der Waals surface area contributed by atoms with E-state index in [1.54, 1.807) is 11.3 Å². The summed E-state index contributed by atoms with van der Waals surface area (Å²) in [5, 5.41) is 3.64. The number of benzene rings is 7. The zero-order valence-corrected chi connectivity index (χ0v) is 28.5. The molecule has 3 aromatic heterocycles. The van der Waals surface area contributed by atoms with Gasteiger partial charge in [-0.3, -0.25) is 0 Å². The topological polar surface area (TPSA) is 25.8 Å². The van der Waals surface area contributed by atoms with Gasteiger partial charge in [0.15, 0.2) is 5.82 Å². The zero-order chi connectivity index (χ0) is 33.0. The fourth-order valence-corrected chi connectivity index (χ4v) is 9.36. The minimum absolute atomic E-state index is 0.761. The van der Waals surface area contributed by atoms with Crippen LogP contribution in [0, 0.1) is 0 Å². The number of nitrogens with zero attached hydrogens (tertiary/aromatic N) is 2. The van der Waals surface area contributed by atoms with Gasteiger partial charge in [-0.2, -0.15) is 0 Å². The van der Waals surface area contributed by atoms with E-state index in [0.29, 0.717) is 0 Å². The highest BCUT2D eigenvalue weighted by Gasteiger charge is 2.19. The van der Waals surface area contributed by atoms with E-state index in [9.17, 15) is 0 Å². The second-order valence-electron chi connectivity index (χ2n) is 12.6. The first-order valence-electron chi connectivity index (χ1n) is 16.7. The van der Waals surface area contributed by atoms with Crippen molar-refractivity contribution in [3.63, 3.8) is 0 Å². The molecule has 4 heteroatoms. The second-order valence-corrected chi connectivity index (χ2v) is 14.7. The van der Waals surface area contributed by atoms with E-state index in [1.165, 1.54) is 58.1 Å². The molecule has 0 aliphatic heterocycles. The van der Waals surface area contributed by atoms with Crippen LogP contribution in [0.3, 0.4) is 0 Å². The Balaban J connectivity index is 1.11. The standard InChI is InChI=1S/C46H28N2S2/c1-2-11-29(12-3-1)30-23-25-31(26-24-30)32-13-8-14-33(27-32)34-15-9-16-35(28-34)43-45-44(37-18-5-7-21-40(37)50-45)48-46(47-43)38-19-10-22-41-42(38)36-17-4-6-20-39(36)49-41/h1-28H. The van der Waals surface area contributed by atoms with Crippen LogP contribution in [0.15, 0.2) is 170 Å². The summed E-state index contributed by atoms with van der Waals surface area (Å²) in [5.41, 5.74) is 11.3. The molecule has 2 nitrogen and oxygen atoms in total. The number of aromatic nitrogens is 2. The molecule has 10 aromatic rings. The van der Waals surface area contributed by atoms with E-state index in [-0.39, 0.29) is 0 Å². The molecular weight excluding hydrogens is 645 g/mol. The van der Waals surface area contributed by atoms with E-state index in [1.807, 2.05) is 11.3 Å². The van der Waals surface area contributed by atoms with Gasteiger partial charge in [0.25, 0.3) is 0 Å². The van der Waals surface area contributed by atoms with Crippen LogP contribution >= 0.6 is 22.7 Å². The number of hydrogen-bond donors (Lipinski definition) is 0.